The van der Waals surface area contributed by atoms with Crippen molar-refractivity contribution in [1.82, 2.24) is 10.2 Å². The molecule has 2 rings (SSSR count). The minimum Gasteiger partial charge on any atom is -0.375 e. The van der Waals surface area contributed by atoms with Crippen LogP contribution < -0.4 is 5.32 Å². The molecule has 0 unspecified atom stereocenters. The van der Waals surface area contributed by atoms with Crippen molar-refractivity contribution < 1.29 is 9.53 Å². The number of carbonyl (C=O) groups is 1. The fraction of sp³-hybridized carbons (Fsp3) is 0.941. The molecule has 0 bridgehead atoms. The topological polar surface area (TPSA) is 41.6 Å². The molecule has 0 amide bonds. The zero-order valence-corrected chi connectivity index (χ0v) is 14.2. The molecule has 4 nitrogen and oxygen atoms in total. The summed E-state index contributed by atoms with van der Waals surface area (Å²) in [5.41, 5.74) is 0.201. The Morgan fingerprint density at radius 3 is 2.33 bits per heavy atom. The quantitative estimate of drug-likeness (QED) is 0.817. The van der Waals surface area contributed by atoms with Gasteiger partial charge in [0, 0.05) is 31.1 Å². The van der Waals surface area contributed by atoms with Crippen molar-refractivity contribution in [1.29, 1.82) is 0 Å². The molecule has 1 N–H and O–H groups in total. The predicted octanol–water partition coefficient (Wildman–Crippen LogP) is 2.37. The molecule has 0 aromatic carbocycles. The van der Waals surface area contributed by atoms with E-state index >= 15 is 0 Å². The van der Waals surface area contributed by atoms with Gasteiger partial charge in [-0.05, 0) is 46.5 Å². The summed E-state index contributed by atoms with van der Waals surface area (Å²) in [7, 11) is 0. The van der Waals surface area contributed by atoms with Crippen molar-refractivity contribution in [3.8, 4) is 0 Å². The zero-order chi connectivity index (χ0) is 15.5. The van der Waals surface area contributed by atoms with Crippen LogP contribution in [-0.4, -0.2) is 54.1 Å². The van der Waals surface area contributed by atoms with Gasteiger partial charge < -0.3 is 10.1 Å². The SMILES string of the molecule is CCC(=O)CN1CCC(OC2CC(NC(C)(C)C)C2)CC1. The van der Waals surface area contributed by atoms with E-state index < -0.39 is 0 Å². The van der Waals surface area contributed by atoms with E-state index in [0.717, 1.165) is 38.8 Å². The highest BCUT2D eigenvalue weighted by atomic mass is 16.5. The molecule has 122 valence electrons. The number of nitrogens with zero attached hydrogens (tertiary/aromatic N) is 1. The lowest BCUT2D eigenvalue weighted by molar-refractivity contribution is -0.121. The third-order valence-electron chi connectivity index (χ3n) is 4.45. The van der Waals surface area contributed by atoms with E-state index in [4.69, 9.17) is 4.74 Å². The number of hydrogen-bond donors (Lipinski definition) is 1. The van der Waals surface area contributed by atoms with Crippen LogP contribution in [0.4, 0.5) is 0 Å². The van der Waals surface area contributed by atoms with Gasteiger partial charge in [0.05, 0.1) is 18.8 Å². The molecule has 1 aliphatic carbocycles. The lowest BCUT2D eigenvalue weighted by Gasteiger charge is -2.42. The maximum atomic E-state index is 11.5. The number of carbonyl (C=O) groups excluding carboxylic acids is 1. The standard InChI is InChI=1S/C17H32N2O2/c1-5-14(20)12-19-8-6-15(7-9-19)21-16-10-13(11-16)18-17(2,3)4/h13,15-16,18H,5-12H2,1-4H3. The molecule has 2 fully saturated rings. The molecule has 21 heavy (non-hydrogen) atoms. The lowest BCUT2D eigenvalue weighted by Crippen LogP contribution is -2.53. The first-order valence-electron chi connectivity index (χ1n) is 8.53. The lowest BCUT2D eigenvalue weighted by atomic mass is 9.87. The molecule has 0 aromatic heterocycles. The maximum Gasteiger partial charge on any atom is 0.146 e. The molecule has 0 aromatic rings. The van der Waals surface area contributed by atoms with E-state index in [2.05, 4.69) is 31.0 Å². The highest BCUT2D eigenvalue weighted by molar-refractivity contribution is 5.80. The molecular weight excluding hydrogens is 264 g/mol. The predicted molar refractivity (Wildman–Crippen MR) is 85.5 cm³/mol. The van der Waals surface area contributed by atoms with Gasteiger partial charge in [-0.15, -0.1) is 0 Å². The number of Topliss-reactive ketones (excluding diaryl/α,β-unsaturated/α-hetero) is 1. The van der Waals surface area contributed by atoms with Crippen LogP contribution in [0.2, 0.25) is 0 Å². The highest BCUT2D eigenvalue weighted by Crippen LogP contribution is 2.28. The summed E-state index contributed by atoms with van der Waals surface area (Å²) >= 11 is 0. The van der Waals surface area contributed by atoms with Crippen molar-refractivity contribution in [2.75, 3.05) is 19.6 Å². The average Bonchev–Trinajstić information content (AvgIpc) is 2.36. The second-order valence-corrected chi connectivity index (χ2v) is 7.69. The molecule has 0 spiro atoms. The number of likely N-dealkylation sites (tertiary alicyclic amines) is 1. The van der Waals surface area contributed by atoms with Gasteiger partial charge in [0.1, 0.15) is 5.78 Å². The van der Waals surface area contributed by atoms with Gasteiger partial charge in [-0.2, -0.15) is 0 Å². The third kappa shape index (κ3) is 5.68. The van der Waals surface area contributed by atoms with Gasteiger partial charge in [0.15, 0.2) is 0 Å². The number of hydrogen-bond acceptors (Lipinski definition) is 4. The van der Waals surface area contributed by atoms with E-state index in [1.807, 2.05) is 6.92 Å². The third-order valence-corrected chi connectivity index (χ3v) is 4.45. The van der Waals surface area contributed by atoms with Crippen LogP contribution in [0.3, 0.4) is 0 Å². The Balaban J connectivity index is 1.59. The molecule has 1 aliphatic heterocycles. The van der Waals surface area contributed by atoms with Gasteiger partial charge in [-0.25, -0.2) is 0 Å². The molecule has 0 radical (unpaired) electrons. The largest absolute Gasteiger partial charge is 0.375 e. The van der Waals surface area contributed by atoms with Crippen molar-refractivity contribution in [2.24, 2.45) is 0 Å². The summed E-state index contributed by atoms with van der Waals surface area (Å²) in [6, 6.07) is 0.622. The molecule has 1 heterocycles. The maximum absolute atomic E-state index is 11.5. The van der Waals surface area contributed by atoms with Crippen molar-refractivity contribution in [3.63, 3.8) is 0 Å². The first-order valence-corrected chi connectivity index (χ1v) is 8.53. The molecule has 1 saturated carbocycles. The Morgan fingerprint density at radius 1 is 1.19 bits per heavy atom. The van der Waals surface area contributed by atoms with Crippen molar-refractivity contribution in [3.05, 3.63) is 0 Å². The number of piperidine rings is 1. The number of ether oxygens (including phenoxy) is 1. The molecule has 1 saturated heterocycles. The highest BCUT2D eigenvalue weighted by Gasteiger charge is 2.34. The summed E-state index contributed by atoms with van der Waals surface area (Å²) in [6.07, 6.45) is 5.94. The van der Waals surface area contributed by atoms with Crippen LogP contribution in [0, 0.1) is 0 Å². The Hall–Kier alpha value is -0.450. The summed E-state index contributed by atoms with van der Waals surface area (Å²) < 4.78 is 6.20. The molecule has 4 heteroatoms. The minimum atomic E-state index is 0.201. The number of nitrogens with one attached hydrogen (secondary N) is 1. The fourth-order valence-corrected chi connectivity index (χ4v) is 3.24. The number of ketones is 1. The van der Waals surface area contributed by atoms with Gasteiger partial charge >= 0.3 is 0 Å². The van der Waals surface area contributed by atoms with Crippen LogP contribution in [0.5, 0.6) is 0 Å². The van der Waals surface area contributed by atoms with Crippen LogP contribution in [0.1, 0.15) is 59.8 Å². The van der Waals surface area contributed by atoms with E-state index in [-0.39, 0.29) is 5.54 Å². The summed E-state index contributed by atoms with van der Waals surface area (Å²) in [4.78, 5) is 13.7. The average molecular weight is 296 g/mol. The summed E-state index contributed by atoms with van der Waals surface area (Å²) in [5, 5.41) is 3.63. The van der Waals surface area contributed by atoms with Crippen LogP contribution in [0.15, 0.2) is 0 Å². The summed E-state index contributed by atoms with van der Waals surface area (Å²) in [5.74, 6) is 0.351. The van der Waals surface area contributed by atoms with E-state index in [9.17, 15) is 4.79 Å². The Labute approximate surface area is 129 Å². The second-order valence-electron chi connectivity index (χ2n) is 7.69. The van der Waals surface area contributed by atoms with Crippen LogP contribution in [0.25, 0.3) is 0 Å². The molecule has 0 atom stereocenters. The van der Waals surface area contributed by atoms with Gasteiger partial charge in [0.25, 0.3) is 0 Å². The Morgan fingerprint density at radius 2 is 1.81 bits per heavy atom. The van der Waals surface area contributed by atoms with Crippen molar-refractivity contribution in [2.45, 2.75) is 83.6 Å². The first-order chi connectivity index (χ1) is 9.85. The number of rotatable bonds is 6. The smallest absolute Gasteiger partial charge is 0.146 e. The monoisotopic (exact) mass is 296 g/mol. The van der Waals surface area contributed by atoms with Crippen molar-refractivity contribution >= 4 is 5.78 Å². The van der Waals surface area contributed by atoms with Gasteiger partial charge in [0.2, 0.25) is 0 Å². The second kappa shape index (κ2) is 7.21. The normalized spacial score (nSPS) is 28.4. The van der Waals surface area contributed by atoms with E-state index in [1.54, 1.807) is 0 Å². The Kier molecular flexibility index (Phi) is 5.81. The Bertz CT molecular complexity index is 337. The minimum absolute atomic E-state index is 0.201. The zero-order valence-electron chi connectivity index (χ0n) is 14.2. The van der Waals surface area contributed by atoms with Crippen LogP contribution >= 0.6 is 0 Å². The molecular formula is C17H32N2O2. The van der Waals surface area contributed by atoms with Crippen LogP contribution in [-0.2, 0) is 9.53 Å². The van der Waals surface area contributed by atoms with Gasteiger partial charge in [-0.1, -0.05) is 6.92 Å². The summed E-state index contributed by atoms with van der Waals surface area (Å²) in [6.45, 7) is 11.2. The molecule has 2 aliphatic rings. The van der Waals surface area contributed by atoms with E-state index in [0.29, 0.717) is 37.0 Å². The first kappa shape index (κ1) is 16.9. The fourth-order valence-electron chi connectivity index (χ4n) is 3.24. The van der Waals surface area contributed by atoms with E-state index in [1.165, 1.54) is 0 Å². The van der Waals surface area contributed by atoms with Gasteiger partial charge in [-0.3, -0.25) is 9.69 Å².